The van der Waals surface area contributed by atoms with Crippen LogP contribution in [0.4, 0.5) is 0 Å². The molecule has 1 aromatic carbocycles. The number of carbonyl (C=O) groups excluding carboxylic acids is 1. The molecular formula is C14H18ClNO3S. The third-order valence-corrected chi connectivity index (χ3v) is 5.24. The first kappa shape index (κ1) is 15.3. The van der Waals surface area contributed by atoms with Crippen LogP contribution in [0.1, 0.15) is 43.5 Å². The van der Waals surface area contributed by atoms with Crippen molar-refractivity contribution in [2.75, 3.05) is 0 Å². The Labute approximate surface area is 124 Å². The highest BCUT2D eigenvalue weighted by Crippen LogP contribution is 2.28. The van der Waals surface area contributed by atoms with Crippen molar-refractivity contribution < 1.29 is 13.2 Å². The Morgan fingerprint density at radius 2 is 1.90 bits per heavy atom. The Morgan fingerprint density at radius 1 is 1.30 bits per heavy atom. The molecule has 1 saturated heterocycles. The lowest BCUT2D eigenvalue weighted by molar-refractivity contribution is 0.0676. The molecule has 0 spiro atoms. The Balaban J connectivity index is 2.25. The van der Waals surface area contributed by atoms with Gasteiger partial charge in [0.25, 0.3) is 15.0 Å². The average molecular weight is 316 g/mol. The van der Waals surface area contributed by atoms with Crippen molar-refractivity contribution in [1.82, 2.24) is 4.90 Å². The molecule has 6 heteroatoms. The molecule has 0 aliphatic carbocycles. The summed E-state index contributed by atoms with van der Waals surface area (Å²) in [6, 6.07) is 6.29. The standard InChI is InChI=1S/C14H18ClNO3S/c1-3-12-7-4-10(2)16(12)14(17)11-5-8-13(9-6-11)20(15,18)19/h5-6,8-10,12H,3-4,7H2,1-2H3. The number of carbonyl (C=O) groups is 1. The maximum absolute atomic E-state index is 12.5. The zero-order valence-electron chi connectivity index (χ0n) is 11.5. The molecule has 2 atom stereocenters. The van der Waals surface area contributed by atoms with Gasteiger partial charge in [0, 0.05) is 28.3 Å². The fraction of sp³-hybridized carbons (Fsp3) is 0.500. The second-order valence-electron chi connectivity index (χ2n) is 5.16. The quantitative estimate of drug-likeness (QED) is 0.806. The van der Waals surface area contributed by atoms with E-state index in [0.29, 0.717) is 5.56 Å². The van der Waals surface area contributed by atoms with Gasteiger partial charge in [-0.1, -0.05) is 6.92 Å². The number of amides is 1. The summed E-state index contributed by atoms with van der Waals surface area (Å²) in [5, 5.41) is 0. The van der Waals surface area contributed by atoms with E-state index in [2.05, 4.69) is 6.92 Å². The van der Waals surface area contributed by atoms with Crippen molar-refractivity contribution in [2.45, 2.75) is 50.1 Å². The number of hydrogen-bond acceptors (Lipinski definition) is 3. The van der Waals surface area contributed by atoms with Crippen LogP contribution in [0, 0.1) is 0 Å². The second kappa shape index (κ2) is 5.74. The second-order valence-corrected chi connectivity index (χ2v) is 7.73. The summed E-state index contributed by atoms with van der Waals surface area (Å²) in [4.78, 5) is 14.4. The number of nitrogens with zero attached hydrogens (tertiary/aromatic N) is 1. The van der Waals surface area contributed by atoms with Crippen LogP contribution in [0.3, 0.4) is 0 Å². The van der Waals surface area contributed by atoms with Crippen molar-refractivity contribution in [1.29, 1.82) is 0 Å². The third-order valence-electron chi connectivity index (χ3n) is 3.87. The predicted molar refractivity (Wildman–Crippen MR) is 78.4 cm³/mol. The molecule has 2 unspecified atom stereocenters. The van der Waals surface area contributed by atoms with E-state index >= 15 is 0 Å². The van der Waals surface area contributed by atoms with Gasteiger partial charge in [-0.25, -0.2) is 8.42 Å². The summed E-state index contributed by atoms with van der Waals surface area (Å²) >= 11 is 0. The molecule has 1 aliphatic rings. The summed E-state index contributed by atoms with van der Waals surface area (Å²) in [6.45, 7) is 4.12. The van der Waals surface area contributed by atoms with Crippen LogP contribution in [-0.2, 0) is 9.05 Å². The van der Waals surface area contributed by atoms with Crippen molar-refractivity contribution >= 4 is 25.6 Å². The fourth-order valence-corrected chi connectivity index (χ4v) is 3.52. The SMILES string of the molecule is CCC1CCC(C)N1C(=O)c1ccc(S(=O)(=O)Cl)cc1. The summed E-state index contributed by atoms with van der Waals surface area (Å²) in [5.74, 6) is -0.0413. The lowest BCUT2D eigenvalue weighted by Gasteiger charge is -2.28. The maximum Gasteiger partial charge on any atom is 0.261 e. The highest BCUT2D eigenvalue weighted by atomic mass is 35.7. The molecule has 1 fully saturated rings. The van der Waals surface area contributed by atoms with E-state index in [4.69, 9.17) is 10.7 Å². The minimum atomic E-state index is -3.74. The van der Waals surface area contributed by atoms with Crippen LogP contribution < -0.4 is 0 Å². The van der Waals surface area contributed by atoms with Crippen LogP contribution in [0.25, 0.3) is 0 Å². The molecule has 1 aromatic rings. The van der Waals surface area contributed by atoms with Crippen molar-refractivity contribution in [3.8, 4) is 0 Å². The van der Waals surface area contributed by atoms with E-state index in [1.807, 2.05) is 11.8 Å². The van der Waals surface area contributed by atoms with Crippen LogP contribution in [0.5, 0.6) is 0 Å². The van der Waals surface area contributed by atoms with E-state index in [-0.39, 0.29) is 22.9 Å². The largest absolute Gasteiger partial charge is 0.333 e. The molecule has 0 radical (unpaired) electrons. The van der Waals surface area contributed by atoms with E-state index in [9.17, 15) is 13.2 Å². The monoisotopic (exact) mass is 315 g/mol. The molecule has 20 heavy (non-hydrogen) atoms. The Morgan fingerprint density at radius 3 is 2.40 bits per heavy atom. The van der Waals surface area contributed by atoms with Gasteiger partial charge in [0.1, 0.15) is 0 Å². The molecular weight excluding hydrogens is 298 g/mol. The van der Waals surface area contributed by atoms with Gasteiger partial charge >= 0.3 is 0 Å². The van der Waals surface area contributed by atoms with Gasteiger partial charge in [0.2, 0.25) is 0 Å². The number of benzene rings is 1. The average Bonchev–Trinajstić information content (AvgIpc) is 2.78. The Kier molecular flexibility index (Phi) is 4.39. The first-order valence-electron chi connectivity index (χ1n) is 6.72. The van der Waals surface area contributed by atoms with Gasteiger partial charge in [-0.3, -0.25) is 4.79 Å². The lowest BCUT2D eigenvalue weighted by atomic mass is 10.1. The van der Waals surface area contributed by atoms with Crippen molar-refractivity contribution in [3.63, 3.8) is 0 Å². The maximum atomic E-state index is 12.5. The number of hydrogen-bond donors (Lipinski definition) is 0. The van der Waals surface area contributed by atoms with Gasteiger partial charge in [0.05, 0.1) is 4.90 Å². The molecule has 0 saturated carbocycles. The Hall–Kier alpha value is -1.07. The zero-order valence-corrected chi connectivity index (χ0v) is 13.1. The first-order chi connectivity index (χ1) is 9.34. The molecule has 110 valence electrons. The molecule has 0 N–H and O–H groups in total. The van der Waals surface area contributed by atoms with Crippen LogP contribution >= 0.6 is 10.7 Å². The highest BCUT2D eigenvalue weighted by molar-refractivity contribution is 8.13. The number of likely N-dealkylation sites (tertiary alicyclic amines) is 1. The first-order valence-corrected chi connectivity index (χ1v) is 9.03. The van der Waals surface area contributed by atoms with E-state index < -0.39 is 9.05 Å². The van der Waals surface area contributed by atoms with Crippen LogP contribution in [0.2, 0.25) is 0 Å². The number of halogens is 1. The topological polar surface area (TPSA) is 54.5 Å². The Bertz CT molecular complexity index is 597. The normalized spacial score (nSPS) is 23.1. The molecule has 2 rings (SSSR count). The minimum Gasteiger partial charge on any atom is -0.333 e. The molecule has 4 nitrogen and oxygen atoms in total. The van der Waals surface area contributed by atoms with Crippen molar-refractivity contribution in [2.24, 2.45) is 0 Å². The van der Waals surface area contributed by atoms with Crippen molar-refractivity contribution in [3.05, 3.63) is 29.8 Å². The summed E-state index contributed by atoms with van der Waals surface area (Å²) in [5.41, 5.74) is 0.501. The van der Waals surface area contributed by atoms with E-state index in [0.717, 1.165) is 19.3 Å². The molecule has 0 aromatic heterocycles. The van der Waals surface area contributed by atoms with Gasteiger partial charge in [0.15, 0.2) is 0 Å². The van der Waals surface area contributed by atoms with Crippen LogP contribution in [0.15, 0.2) is 29.2 Å². The number of rotatable bonds is 3. The van der Waals surface area contributed by atoms with E-state index in [1.165, 1.54) is 24.3 Å². The molecule has 1 aliphatic heterocycles. The fourth-order valence-electron chi connectivity index (χ4n) is 2.75. The molecule has 1 amide bonds. The van der Waals surface area contributed by atoms with Gasteiger partial charge in [-0.15, -0.1) is 0 Å². The van der Waals surface area contributed by atoms with Gasteiger partial charge in [-0.05, 0) is 50.5 Å². The highest BCUT2D eigenvalue weighted by Gasteiger charge is 2.33. The third kappa shape index (κ3) is 2.99. The minimum absolute atomic E-state index is 0.0113. The lowest BCUT2D eigenvalue weighted by Crippen LogP contribution is -2.39. The summed E-state index contributed by atoms with van der Waals surface area (Å²) in [7, 11) is 1.52. The van der Waals surface area contributed by atoms with Gasteiger partial charge < -0.3 is 4.90 Å². The van der Waals surface area contributed by atoms with E-state index in [1.54, 1.807) is 0 Å². The predicted octanol–water partition coefficient (Wildman–Crippen LogP) is 3.02. The van der Waals surface area contributed by atoms with Crippen LogP contribution in [-0.4, -0.2) is 31.3 Å². The molecule has 0 bridgehead atoms. The van der Waals surface area contributed by atoms with Gasteiger partial charge in [-0.2, -0.15) is 0 Å². The zero-order chi connectivity index (χ0) is 14.9. The summed E-state index contributed by atoms with van der Waals surface area (Å²) in [6.07, 6.45) is 2.97. The molecule has 1 heterocycles. The smallest absolute Gasteiger partial charge is 0.261 e. The summed E-state index contributed by atoms with van der Waals surface area (Å²) < 4.78 is 22.4.